The molecule has 1 atom stereocenters. The third-order valence-electron chi connectivity index (χ3n) is 8.11. The molecule has 2 amide bonds. The summed E-state index contributed by atoms with van der Waals surface area (Å²) >= 11 is 0. The van der Waals surface area contributed by atoms with Gasteiger partial charge in [0.1, 0.15) is 23.9 Å². The fourth-order valence-corrected chi connectivity index (χ4v) is 5.57. The van der Waals surface area contributed by atoms with Gasteiger partial charge in [0, 0.05) is 38.3 Å². The van der Waals surface area contributed by atoms with E-state index in [1.807, 2.05) is 6.08 Å². The van der Waals surface area contributed by atoms with Gasteiger partial charge in [0.25, 0.3) is 0 Å². The van der Waals surface area contributed by atoms with Gasteiger partial charge in [-0.15, -0.1) is 0 Å². The lowest BCUT2D eigenvalue weighted by molar-refractivity contribution is -0.119. The van der Waals surface area contributed by atoms with Crippen molar-refractivity contribution >= 4 is 40.5 Å². The van der Waals surface area contributed by atoms with Crippen LogP contribution in [0.1, 0.15) is 49.0 Å². The Morgan fingerprint density at radius 3 is 2.58 bits per heavy atom. The number of hydrogen-bond donors (Lipinski definition) is 2. The largest absolute Gasteiger partial charge is 0.486 e. The first-order valence-electron chi connectivity index (χ1n) is 14.7. The topological polar surface area (TPSA) is 143 Å². The fourth-order valence-electron chi connectivity index (χ4n) is 5.57. The van der Waals surface area contributed by atoms with E-state index < -0.39 is 40.8 Å². The number of aromatic nitrogens is 2. The summed E-state index contributed by atoms with van der Waals surface area (Å²) in [5, 5.41) is 12.0. The van der Waals surface area contributed by atoms with Gasteiger partial charge in [0.05, 0.1) is 24.2 Å². The van der Waals surface area contributed by atoms with Gasteiger partial charge in [-0.2, -0.15) is 0 Å². The SMILES string of the molecule is CC(=O)NCC1CN(c2ccc(OCC=C3CCN(c4nc5c(cc4F)c(=O)c(C(=O)O)cn5C4CC4)CC3)c(F)c2)C(=O)O1. The predicted octanol–water partition coefficient (Wildman–Crippen LogP) is 3.77. The number of pyridine rings is 2. The average molecular weight is 624 g/mol. The summed E-state index contributed by atoms with van der Waals surface area (Å²) < 4.78 is 42.6. The third kappa shape index (κ3) is 6.30. The molecule has 3 aromatic rings. The number of piperidine rings is 1. The fraction of sp³-hybridized carbons (Fsp3) is 0.387. The molecular formula is C31H31F2N5O7. The minimum Gasteiger partial charge on any atom is -0.486 e. The minimum absolute atomic E-state index is 0.0191. The zero-order chi connectivity index (χ0) is 31.8. The monoisotopic (exact) mass is 623 g/mol. The number of carboxylic acids is 1. The molecule has 4 heterocycles. The van der Waals surface area contributed by atoms with E-state index in [0.29, 0.717) is 31.6 Å². The molecule has 45 heavy (non-hydrogen) atoms. The zero-order valence-corrected chi connectivity index (χ0v) is 24.4. The number of rotatable bonds is 9. The van der Waals surface area contributed by atoms with Crippen LogP contribution < -0.4 is 25.3 Å². The summed E-state index contributed by atoms with van der Waals surface area (Å²) in [6.45, 7) is 2.73. The molecule has 6 rings (SSSR count). The number of cyclic esters (lactones) is 1. The second-order valence-corrected chi connectivity index (χ2v) is 11.3. The van der Waals surface area contributed by atoms with Crippen LogP contribution in [0.25, 0.3) is 11.0 Å². The number of carbonyl (C=O) groups excluding carboxylic acids is 2. The Kier molecular flexibility index (Phi) is 8.12. The van der Waals surface area contributed by atoms with E-state index in [2.05, 4.69) is 10.3 Å². The first-order valence-corrected chi connectivity index (χ1v) is 14.7. The van der Waals surface area contributed by atoms with Gasteiger partial charge >= 0.3 is 12.1 Å². The summed E-state index contributed by atoms with van der Waals surface area (Å²) in [6.07, 6.45) is 4.84. The average Bonchev–Trinajstić information content (AvgIpc) is 3.78. The molecule has 236 valence electrons. The highest BCUT2D eigenvalue weighted by Crippen LogP contribution is 2.37. The zero-order valence-electron chi connectivity index (χ0n) is 24.4. The van der Waals surface area contributed by atoms with Gasteiger partial charge in [-0.1, -0.05) is 5.57 Å². The van der Waals surface area contributed by atoms with Gasteiger partial charge in [0.15, 0.2) is 23.2 Å². The van der Waals surface area contributed by atoms with Crippen molar-refractivity contribution in [1.29, 1.82) is 0 Å². The van der Waals surface area contributed by atoms with E-state index in [1.165, 1.54) is 30.2 Å². The van der Waals surface area contributed by atoms with Gasteiger partial charge in [-0.25, -0.2) is 23.4 Å². The Morgan fingerprint density at radius 2 is 1.91 bits per heavy atom. The standard InChI is InChI=1S/C31H31F2N5O7/c1-17(39)34-14-21-15-38(31(43)45-21)20-4-5-26(24(32)12-20)44-11-8-18-6-9-36(10-7-18)29-25(33)13-22-27(40)23(30(41)42)16-37(19-2-3-19)28(22)35-29/h4-5,8,12-13,16,19,21H,2-3,6-7,9-11,14-15H2,1H3,(H,34,39)(H,41,42). The van der Waals surface area contributed by atoms with Crippen LogP contribution in [0, 0.1) is 11.6 Å². The van der Waals surface area contributed by atoms with Gasteiger partial charge in [-0.05, 0) is 50.0 Å². The highest BCUT2D eigenvalue weighted by molar-refractivity contribution is 5.92. The van der Waals surface area contributed by atoms with Crippen molar-refractivity contribution in [3.8, 4) is 5.75 Å². The number of nitrogens with one attached hydrogen (secondary N) is 1. The van der Waals surface area contributed by atoms with Gasteiger partial charge in [-0.3, -0.25) is 14.5 Å². The van der Waals surface area contributed by atoms with Crippen LogP contribution in [0.4, 0.5) is 25.1 Å². The Hall–Kier alpha value is -5.01. The molecule has 0 spiro atoms. The Labute approximate surface area is 255 Å². The number of nitrogens with zero attached hydrogens (tertiary/aromatic N) is 4. The molecule has 3 fully saturated rings. The maximum atomic E-state index is 15.2. The van der Waals surface area contributed by atoms with Crippen LogP contribution in [0.5, 0.6) is 5.75 Å². The molecule has 2 aliphatic heterocycles. The molecule has 1 aliphatic carbocycles. The maximum absolute atomic E-state index is 15.2. The summed E-state index contributed by atoms with van der Waals surface area (Å²) in [4.78, 5) is 55.2. The van der Waals surface area contributed by atoms with E-state index in [9.17, 15) is 28.7 Å². The molecule has 0 bridgehead atoms. The van der Waals surface area contributed by atoms with Gasteiger partial charge < -0.3 is 29.4 Å². The lowest BCUT2D eigenvalue weighted by atomic mass is 10.0. The van der Waals surface area contributed by atoms with Crippen molar-refractivity contribution < 1.29 is 37.7 Å². The maximum Gasteiger partial charge on any atom is 0.414 e. The van der Waals surface area contributed by atoms with Crippen LogP contribution in [0.2, 0.25) is 0 Å². The molecule has 2 aromatic heterocycles. The molecule has 0 radical (unpaired) electrons. The smallest absolute Gasteiger partial charge is 0.414 e. The van der Waals surface area contributed by atoms with E-state index >= 15 is 4.39 Å². The van der Waals surface area contributed by atoms with E-state index in [1.54, 1.807) is 15.5 Å². The van der Waals surface area contributed by atoms with Crippen LogP contribution in [0.3, 0.4) is 0 Å². The van der Waals surface area contributed by atoms with Crippen molar-refractivity contribution in [1.82, 2.24) is 14.9 Å². The molecule has 3 aliphatic rings. The summed E-state index contributed by atoms with van der Waals surface area (Å²) in [6, 6.07) is 5.30. The van der Waals surface area contributed by atoms with Crippen molar-refractivity contribution in [2.75, 3.05) is 42.6 Å². The lowest BCUT2D eigenvalue weighted by Crippen LogP contribution is -2.33. The highest BCUT2D eigenvalue weighted by atomic mass is 19.1. The van der Waals surface area contributed by atoms with Crippen LogP contribution >= 0.6 is 0 Å². The number of aromatic carboxylic acids is 1. The molecule has 1 aromatic carbocycles. The summed E-state index contributed by atoms with van der Waals surface area (Å²) in [5.41, 5.74) is 0.479. The number of hydrogen-bond acceptors (Lipinski definition) is 8. The molecular weight excluding hydrogens is 592 g/mol. The number of carboxylic acid groups (broad SMARTS) is 1. The third-order valence-corrected chi connectivity index (χ3v) is 8.11. The van der Waals surface area contributed by atoms with Crippen LogP contribution in [0.15, 0.2) is 46.9 Å². The predicted molar refractivity (Wildman–Crippen MR) is 159 cm³/mol. The summed E-state index contributed by atoms with van der Waals surface area (Å²) in [7, 11) is 0. The van der Waals surface area contributed by atoms with Crippen LogP contribution in [-0.4, -0.2) is 71.5 Å². The number of anilines is 2. The van der Waals surface area contributed by atoms with Gasteiger partial charge in [0.2, 0.25) is 11.3 Å². The Morgan fingerprint density at radius 1 is 1.16 bits per heavy atom. The Bertz CT molecular complexity index is 1780. The van der Waals surface area contributed by atoms with E-state index in [4.69, 9.17) is 9.47 Å². The number of fused-ring (bicyclic) bond motifs is 1. The Balaban J connectivity index is 1.07. The van der Waals surface area contributed by atoms with E-state index in [0.717, 1.165) is 24.5 Å². The summed E-state index contributed by atoms with van der Waals surface area (Å²) in [5.74, 6) is -2.80. The second kappa shape index (κ2) is 12.2. The first kappa shape index (κ1) is 30.0. The van der Waals surface area contributed by atoms with Crippen molar-refractivity contribution in [3.63, 3.8) is 0 Å². The number of amides is 2. The molecule has 1 saturated carbocycles. The minimum atomic E-state index is -1.36. The number of benzene rings is 1. The van der Waals surface area contributed by atoms with E-state index in [-0.39, 0.29) is 54.2 Å². The quantitative estimate of drug-likeness (QED) is 0.341. The number of halogens is 2. The molecule has 2 N–H and O–H groups in total. The molecule has 12 nitrogen and oxygen atoms in total. The molecule has 1 unspecified atom stereocenters. The molecule has 2 saturated heterocycles. The molecule has 14 heteroatoms. The van der Waals surface area contributed by atoms with Crippen molar-refractivity contribution in [2.45, 2.75) is 44.8 Å². The number of ether oxygens (including phenoxy) is 2. The van der Waals surface area contributed by atoms with Crippen molar-refractivity contribution in [2.24, 2.45) is 0 Å². The van der Waals surface area contributed by atoms with Crippen molar-refractivity contribution in [3.05, 3.63) is 69.5 Å². The number of carbonyl (C=O) groups is 3. The second-order valence-electron chi connectivity index (χ2n) is 11.3. The highest BCUT2D eigenvalue weighted by Gasteiger charge is 2.33. The first-order chi connectivity index (χ1) is 21.6. The normalized spacial score (nSPS) is 18.2. The van der Waals surface area contributed by atoms with Crippen LogP contribution in [-0.2, 0) is 9.53 Å². The lowest BCUT2D eigenvalue weighted by Gasteiger charge is -2.30.